The molecule has 7 nitrogen and oxygen atoms in total. The van der Waals surface area contributed by atoms with Crippen molar-refractivity contribution >= 4 is 12.0 Å². The second-order valence-corrected chi connectivity index (χ2v) is 3.79. The summed E-state index contributed by atoms with van der Waals surface area (Å²) in [6.07, 6.45) is 2.76. The summed E-state index contributed by atoms with van der Waals surface area (Å²) >= 11 is 0. The number of aliphatic hydroxyl groups excluding tert-OH is 1. The van der Waals surface area contributed by atoms with Gasteiger partial charge in [-0.15, -0.1) is 0 Å². The van der Waals surface area contributed by atoms with E-state index in [2.05, 4.69) is 17.6 Å². The van der Waals surface area contributed by atoms with Crippen LogP contribution in [0, 0.1) is 0 Å². The molecule has 1 unspecified atom stereocenters. The fourth-order valence-electron chi connectivity index (χ4n) is 1.12. The van der Waals surface area contributed by atoms with Gasteiger partial charge in [-0.2, -0.15) is 0 Å². The van der Waals surface area contributed by atoms with Crippen LogP contribution in [-0.4, -0.2) is 54.6 Å². The second kappa shape index (κ2) is 10.8. The fourth-order valence-corrected chi connectivity index (χ4v) is 1.12. The van der Waals surface area contributed by atoms with Gasteiger partial charge in [0.1, 0.15) is 0 Å². The van der Waals surface area contributed by atoms with Gasteiger partial charge in [0.15, 0.2) is 6.04 Å². The Morgan fingerprint density at radius 2 is 1.94 bits per heavy atom. The van der Waals surface area contributed by atoms with Crippen molar-refractivity contribution in [2.45, 2.75) is 32.2 Å². The molecule has 4 N–H and O–H groups in total. The molecule has 0 aliphatic rings. The molecule has 0 rings (SSSR count). The van der Waals surface area contributed by atoms with E-state index in [1.54, 1.807) is 0 Å². The van der Waals surface area contributed by atoms with Gasteiger partial charge in [0.05, 0.1) is 6.61 Å². The first-order chi connectivity index (χ1) is 8.61. The van der Waals surface area contributed by atoms with Crippen LogP contribution in [0.1, 0.15) is 26.2 Å². The summed E-state index contributed by atoms with van der Waals surface area (Å²) in [6, 6.07) is -1.88. The zero-order valence-electron chi connectivity index (χ0n) is 10.6. The highest BCUT2D eigenvalue weighted by molar-refractivity contribution is 5.82. The van der Waals surface area contributed by atoms with Crippen LogP contribution in [0.4, 0.5) is 4.79 Å². The van der Waals surface area contributed by atoms with Crippen LogP contribution in [0.3, 0.4) is 0 Å². The molecule has 7 heteroatoms. The minimum absolute atomic E-state index is 0.399. The first kappa shape index (κ1) is 16.7. The largest absolute Gasteiger partial charge is 0.480 e. The van der Waals surface area contributed by atoms with Crippen LogP contribution in [0.5, 0.6) is 0 Å². The van der Waals surface area contributed by atoms with Crippen molar-refractivity contribution in [2.75, 3.05) is 26.4 Å². The van der Waals surface area contributed by atoms with Crippen molar-refractivity contribution in [2.24, 2.45) is 0 Å². The lowest BCUT2D eigenvalue weighted by molar-refractivity contribution is -0.140. The van der Waals surface area contributed by atoms with Gasteiger partial charge in [-0.3, -0.25) is 0 Å². The molecule has 0 spiro atoms. The van der Waals surface area contributed by atoms with Gasteiger partial charge in [0.25, 0.3) is 0 Å². The Labute approximate surface area is 107 Å². The van der Waals surface area contributed by atoms with Crippen molar-refractivity contribution in [1.82, 2.24) is 10.6 Å². The number of nitrogens with one attached hydrogen (secondary N) is 2. The van der Waals surface area contributed by atoms with E-state index >= 15 is 0 Å². The van der Waals surface area contributed by atoms with Gasteiger partial charge in [-0.05, 0) is 12.8 Å². The molecule has 0 aromatic heterocycles. The lowest BCUT2D eigenvalue weighted by Crippen LogP contribution is -2.48. The maximum absolute atomic E-state index is 11.2. The molecule has 0 aromatic rings. The number of urea groups is 1. The molecule has 0 radical (unpaired) electrons. The van der Waals surface area contributed by atoms with E-state index < -0.39 is 24.6 Å². The van der Waals surface area contributed by atoms with E-state index in [1.165, 1.54) is 0 Å². The zero-order valence-corrected chi connectivity index (χ0v) is 10.6. The number of unbranched alkanes of at least 4 members (excludes halogenated alkanes) is 1. The van der Waals surface area contributed by atoms with Gasteiger partial charge in [-0.1, -0.05) is 13.3 Å². The summed E-state index contributed by atoms with van der Waals surface area (Å²) in [4.78, 5) is 21.7. The van der Waals surface area contributed by atoms with Gasteiger partial charge in [0, 0.05) is 19.8 Å². The number of carboxylic acids is 1. The zero-order chi connectivity index (χ0) is 13.8. The number of hydrogen-bond donors (Lipinski definition) is 4. The third-order valence-electron chi connectivity index (χ3n) is 2.18. The van der Waals surface area contributed by atoms with Crippen LogP contribution < -0.4 is 10.6 Å². The van der Waals surface area contributed by atoms with Crippen molar-refractivity contribution in [3.63, 3.8) is 0 Å². The molecule has 18 heavy (non-hydrogen) atoms. The molecule has 0 saturated heterocycles. The van der Waals surface area contributed by atoms with Crippen molar-refractivity contribution in [1.29, 1.82) is 0 Å². The highest BCUT2D eigenvalue weighted by Crippen LogP contribution is 1.89. The average Bonchev–Trinajstić information content (AvgIpc) is 2.34. The number of carboxylic acid groups (broad SMARTS) is 1. The molecule has 0 bridgehead atoms. The normalized spacial score (nSPS) is 11.9. The van der Waals surface area contributed by atoms with Crippen LogP contribution in [0.25, 0.3) is 0 Å². The quantitative estimate of drug-likeness (QED) is 0.412. The van der Waals surface area contributed by atoms with Gasteiger partial charge < -0.3 is 25.6 Å². The van der Waals surface area contributed by atoms with Crippen LogP contribution in [0.2, 0.25) is 0 Å². The first-order valence-corrected chi connectivity index (χ1v) is 6.07. The average molecular weight is 262 g/mol. The number of rotatable bonds is 10. The maximum atomic E-state index is 11.2. The third-order valence-corrected chi connectivity index (χ3v) is 2.18. The standard InChI is InChI=1S/C11H22N2O5/c1-2-3-6-18-7-4-5-12-11(17)13-9(8-14)10(15)16/h9,14H,2-8H2,1H3,(H,15,16)(H2,12,13,17). The first-order valence-electron chi connectivity index (χ1n) is 6.07. The van der Waals surface area contributed by atoms with Crippen molar-refractivity contribution in [3.05, 3.63) is 0 Å². The summed E-state index contributed by atoms with van der Waals surface area (Å²) in [5.41, 5.74) is 0. The Morgan fingerprint density at radius 3 is 2.50 bits per heavy atom. The molecular formula is C11H22N2O5. The summed E-state index contributed by atoms with van der Waals surface area (Å²) in [5.74, 6) is -1.27. The molecular weight excluding hydrogens is 240 g/mol. The van der Waals surface area contributed by atoms with E-state index in [4.69, 9.17) is 14.9 Å². The van der Waals surface area contributed by atoms with Crippen LogP contribution in [0.15, 0.2) is 0 Å². The Kier molecular flexibility index (Phi) is 9.99. The van der Waals surface area contributed by atoms with Crippen LogP contribution in [-0.2, 0) is 9.53 Å². The molecule has 0 aliphatic heterocycles. The fraction of sp³-hybridized carbons (Fsp3) is 0.818. The number of hydrogen-bond acceptors (Lipinski definition) is 4. The van der Waals surface area contributed by atoms with Crippen molar-refractivity contribution in [3.8, 4) is 0 Å². The molecule has 0 heterocycles. The predicted octanol–water partition coefficient (Wildman–Crippen LogP) is -0.0621. The van der Waals surface area contributed by atoms with Crippen LogP contribution >= 0.6 is 0 Å². The van der Waals surface area contributed by atoms with E-state index in [0.29, 0.717) is 26.2 Å². The Balaban J connectivity index is 3.50. The molecule has 1 atom stereocenters. The number of ether oxygens (including phenoxy) is 1. The Bertz CT molecular complexity index is 248. The van der Waals surface area contributed by atoms with Crippen molar-refractivity contribution < 1.29 is 24.5 Å². The minimum atomic E-state index is -1.27. The smallest absolute Gasteiger partial charge is 0.328 e. The number of carbonyl (C=O) groups is 2. The molecule has 106 valence electrons. The Hall–Kier alpha value is -1.34. The highest BCUT2D eigenvalue weighted by atomic mass is 16.5. The lowest BCUT2D eigenvalue weighted by atomic mass is 10.3. The highest BCUT2D eigenvalue weighted by Gasteiger charge is 2.17. The van der Waals surface area contributed by atoms with E-state index in [0.717, 1.165) is 12.8 Å². The maximum Gasteiger partial charge on any atom is 0.328 e. The topological polar surface area (TPSA) is 108 Å². The van der Waals surface area contributed by atoms with E-state index in [9.17, 15) is 9.59 Å². The number of aliphatic hydroxyl groups is 1. The predicted molar refractivity (Wildman–Crippen MR) is 65.4 cm³/mol. The Morgan fingerprint density at radius 1 is 1.28 bits per heavy atom. The van der Waals surface area contributed by atoms with Gasteiger partial charge in [-0.25, -0.2) is 9.59 Å². The lowest BCUT2D eigenvalue weighted by Gasteiger charge is -2.12. The number of amides is 2. The molecule has 0 fully saturated rings. The monoisotopic (exact) mass is 262 g/mol. The number of carbonyl (C=O) groups excluding carboxylic acids is 1. The molecule has 0 aliphatic carbocycles. The number of aliphatic carboxylic acids is 1. The molecule has 0 aromatic carbocycles. The van der Waals surface area contributed by atoms with Gasteiger partial charge in [0.2, 0.25) is 0 Å². The van der Waals surface area contributed by atoms with E-state index in [1.807, 2.05) is 0 Å². The summed E-state index contributed by atoms with van der Waals surface area (Å²) < 4.78 is 5.29. The van der Waals surface area contributed by atoms with E-state index in [-0.39, 0.29) is 0 Å². The van der Waals surface area contributed by atoms with Gasteiger partial charge >= 0.3 is 12.0 Å². The summed E-state index contributed by atoms with van der Waals surface area (Å²) in [6.45, 7) is 3.12. The summed E-state index contributed by atoms with van der Waals surface area (Å²) in [7, 11) is 0. The SMILES string of the molecule is CCCCOCCCNC(=O)NC(CO)C(=O)O. The molecule has 2 amide bonds. The molecule has 0 saturated carbocycles. The second-order valence-electron chi connectivity index (χ2n) is 3.79. The minimum Gasteiger partial charge on any atom is -0.480 e. The third kappa shape index (κ3) is 8.77. The summed E-state index contributed by atoms with van der Waals surface area (Å²) in [5, 5.41) is 21.9.